The fourth-order valence-corrected chi connectivity index (χ4v) is 2.17. The van der Waals surface area contributed by atoms with Gasteiger partial charge in [-0.2, -0.15) is 0 Å². The minimum absolute atomic E-state index is 0.0160. The first-order chi connectivity index (χ1) is 10.3. The minimum atomic E-state index is -0.909. The molecule has 122 valence electrons. The second-order valence-corrected chi connectivity index (χ2v) is 5.74. The molecular weight excluding hydrogens is 288 g/mol. The molecule has 0 radical (unpaired) electrons. The summed E-state index contributed by atoms with van der Waals surface area (Å²) < 4.78 is 4.88. The maximum Gasteiger partial charge on any atom is 0.306 e. The van der Waals surface area contributed by atoms with Gasteiger partial charge in [-0.25, -0.2) is 0 Å². The fourth-order valence-electron chi connectivity index (χ4n) is 2.17. The molecule has 2 atom stereocenters. The van der Waals surface area contributed by atoms with Crippen LogP contribution in [0.5, 0.6) is 0 Å². The monoisotopic (exact) mass is 310 g/mol. The number of hydrogen-bond donors (Lipinski definition) is 3. The summed E-state index contributed by atoms with van der Waals surface area (Å²) in [6, 6.07) is 3.02. The maximum absolute atomic E-state index is 11.8. The molecule has 7 heteroatoms. The number of hydrogen-bond acceptors (Lipinski definition) is 4. The average Bonchev–Trinajstić information content (AvgIpc) is 2.95. The van der Waals surface area contributed by atoms with Crippen molar-refractivity contribution in [3.8, 4) is 0 Å². The Morgan fingerprint density at radius 3 is 2.41 bits per heavy atom. The van der Waals surface area contributed by atoms with Gasteiger partial charge in [-0.15, -0.1) is 0 Å². The van der Waals surface area contributed by atoms with Crippen molar-refractivity contribution in [1.82, 2.24) is 10.9 Å². The number of nitrogens with one attached hydrogen (secondary N) is 2. The minimum Gasteiger partial charge on any atom is -0.481 e. The SMILES string of the molecule is CC(C)C[C@H](C(=O)O)[C@@H](C)CC(=O)NNC(=O)c1ccco1. The van der Waals surface area contributed by atoms with E-state index in [0.717, 1.165) is 0 Å². The third-order valence-electron chi connectivity index (χ3n) is 3.30. The topological polar surface area (TPSA) is 109 Å². The summed E-state index contributed by atoms with van der Waals surface area (Å²) in [6.07, 6.45) is 1.87. The lowest BCUT2D eigenvalue weighted by molar-refractivity contribution is -0.144. The summed E-state index contributed by atoms with van der Waals surface area (Å²) in [5.74, 6) is -2.53. The number of carboxylic acid groups (broad SMARTS) is 1. The fraction of sp³-hybridized carbons (Fsp3) is 0.533. The Bertz CT molecular complexity index is 510. The highest BCUT2D eigenvalue weighted by Gasteiger charge is 2.27. The van der Waals surface area contributed by atoms with Crippen molar-refractivity contribution in [2.24, 2.45) is 17.8 Å². The number of carboxylic acids is 1. The highest BCUT2D eigenvalue weighted by atomic mass is 16.4. The van der Waals surface area contributed by atoms with E-state index < -0.39 is 23.7 Å². The van der Waals surface area contributed by atoms with Crippen molar-refractivity contribution in [3.63, 3.8) is 0 Å². The Balaban J connectivity index is 2.45. The zero-order valence-corrected chi connectivity index (χ0v) is 13.0. The molecule has 22 heavy (non-hydrogen) atoms. The standard InChI is InChI=1S/C15H22N2O5/c1-9(2)7-11(15(20)21)10(3)8-13(18)16-17-14(19)12-5-4-6-22-12/h4-6,9-11H,7-8H2,1-3H3,(H,16,18)(H,17,19)(H,20,21)/t10-,11-/m0/s1. The van der Waals surface area contributed by atoms with E-state index in [0.29, 0.717) is 6.42 Å². The molecule has 0 saturated heterocycles. The predicted octanol–water partition coefficient (Wildman–Crippen LogP) is 1.81. The van der Waals surface area contributed by atoms with Gasteiger partial charge in [0.2, 0.25) is 5.91 Å². The van der Waals surface area contributed by atoms with Gasteiger partial charge in [0.15, 0.2) is 5.76 Å². The lowest BCUT2D eigenvalue weighted by Crippen LogP contribution is -2.42. The molecule has 3 N–H and O–H groups in total. The second kappa shape index (κ2) is 8.21. The lowest BCUT2D eigenvalue weighted by Gasteiger charge is -2.21. The average molecular weight is 310 g/mol. The van der Waals surface area contributed by atoms with Crippen LogP contribution in [0.25, 0.3) is 0 Å². The van der Waals surface area contributed by atoms with E-state index in [-0.39, 0.29) is 24.0 Å². The summed E-state index contributed by atoms with van der Waals surface area (Å²) in [4.78, 5) is 34.6. The third-order valence-corrected chi connectivity index (χ3v) is 3.30. The van der Waals surface area contributed by atoms with E-state index in [1.54, 1.807) is 13.0 Å². The summed E-state index contributed by atoms with van der Waals surface area (Å²) in [5, 5.41) is 9.23. The van der Waals surface area contributed by atoms with Crippen molar-refractivity contribution >= 4 is 17.8 Å². The number of aliphatic carboxylic acids is 1. The zero-order chi connectivity index (χ0) is 16.7. The number of carbonyl (C=O) groups is 3. The van der Waals surface area contributed by atoms with Crippen LogP contribution in [-0.4, -0.2) is 22.9 Å². The van der Waals surface area contributed by atoms with Crippen LogP contribution in [-0.2, 0) is 9.59 Å². The normalized spacial score (nSPS) is 13.5. The van der Waals surface area contributed by atoms with Crippen LogP contribution in [0.2, 0.25) is 0 Å². The Morgan fingerprint density at radius 1 is 1.23 bits per heavy atom. The molecule has 0 spiro atoms. The Morgan fingerprint density at radius 2 is 1.91 bits per heavy atom. The molecule has 2 amide bonds. The van der Waals surface area contributed by atoms with E-state index >= 15 is 0 Å². The molecular formula is C15H22N2O5. The Kier molecular flexibility index (Phi) is 6.62. The molecule has 1 aromatic heterocycles. The van der Waals surface area contributed by atoms with Gasteiger partial charge in [0.05, 0.1) is 12.2 Å². The van der Waals surface area contributed by atoms with Gasteiger partial charge in [0.25, 0.3) is 0 Å². The van der Waals surface area contributed by atoms with Gasteiger partial charge in [-0.3, -0.25) is 25.2 Å². The highest BCUT2D eigenvalue weighted by molar-refractivity contribution is 5.92. The van der Waals surface area contributed by atoms with Gasteiger partial charge >= 0.3 is 11.9 Å². The molecule has 0 saturated carbocycles. The van der Waals surface area contributed by atoms with Gasteiger partial charge in [0, 0.05) is 6.42 Å². The Hall–Kier alpha value is -2.31. The van der Waals surface area contributed by atoms with Crippen molar-refractivity contribution in [2.45, 2.75) is 33.6 Å². The maximum atomic E-state index is 11.8. The van der Waals surface area contributed by atoms with Crippen LogP contribution in [0.4, 0.5) is 0 Å². The predicted molar refractivity (Wildman–Crippen MR) is 78.7 cm³/mol. The number of furan rings is 1. The third kappa shape index (κ3) is 5.59. The molecule has 1 rings (SSSR count). The number of carbonyl (C=O) groups excluding carboxylic acids is 2. The molecule has 0 aliphatic heterocycles. The van der Waals surface area contributed by atoms with Gasteiger partial charge < -0.3 is 9.52 Å². The van der Waals surface area contributed by atoms with Crippen LogP contribution in [0.3, 0.4) is 0 Å². The molecule has 1 aromatic rings. The quantitative estimate of drug-likeness (QED) is 0.666. The first kappa shape index (κ1) is 17.7. The van der Waals surface area contributed by atoms with E-state index in [4.69, 9.17) is 4.42 Å². The van der Waals surface area contributed by atoms with Crippen LogP contribution in [0, 0.1) is 17.8 Å². The molecule has 0 aliphatic rings. The van der Waals surface area contributed by atoms with E-state index in [2.05, 4.69) is 10.9 Å². The van der Waals surface area contributed by atoms with E-state index in [9.17, 15) is 19.5 Å². The molecule has 0 bridgehead atoms. The molecule has 0 fully saturated rings. The van der Waals surface area contributed by atoms with Crippen molar-refractivity contribution in [1.29, 1.82) is 0 Å². The largest absolute Gasteiger partial charge is 0.481 e. The molecule has 0 unspecified atom stereocenters. The number of amides is 2. The molecule has 0 aliphatic carbocycles. The zero-order valence-electron chi connectivity index (χ0n) is 13.0. The van der Waals surface area contributed by atoms with E-state index in [1.807, 2.05) is 13.8 Å². The molecule has 0 aromatic carbocycles. The molecule has 7 nitrogen and oxygen atoms in total. The van der Waals surface area contributed by atoms with Gasteiger partial charge in [-0.1, -0.05) is 20.8 Å². The lowest BCUT2D eigenvalue weighted by atomic mass is 9.84. The first-order valence-corrected chi connectivity index (χ1v) is 7.16. The van der Waals surface area contributed by atoms with Gasteiger partial charge in [0.1, 0.15) is 0 Å². The van der Waals surface area contributed by atoms with Crippen LogP contribution >= 0.6 is 0 Å². The van der Waals surface area contributed by atoms with Crippen molar-refractivity contribution in [3.05, 3.63) is 24.2 Å². The second-order valence-electron chi connectivity index (χ2n) is 5.74. The Labute approximate surface area is 129 Å². The smallest absolute Gasteiger partial charge is 0.306 e. The summed E-state index contributed by atoms with van der Waals surface area (Å²) in [7, 11) is 0. The van der Waals surface area contributed by atoms with Crippen molar-refractivity contribution in [2.75, 3.05) is 0 Å². The highest BCUT2D eigenvalue weighted by Crippen LogP contribution is 2.23. The van der Waals surface area contributed by atoms with Gasteiger partial charge in [-0.05, 0) is 30.4 Å². The van der Waals surface area contributed by atoms with Crippen molar-refractivity contribution < 1.29 is 23.9 Å². The van der Waals surface area contributed by atoms with Crippen LogP contribution in [0.15, 0.2) is 22.8 Å². The van der Waals surface area contributed by atoms with Crippen LogP contribution in [0.1, 0.15) is 44.2 Å². The number of hydrazine groups is 1. The first-order valence-electron chi connectivity index (χ1n) is 7.16. The summed E-state index contributed by atoms with van der Waals surface area (Å²) in [6.45, 7) is 5.59. The summed E-state index contributed by atoms with van der Waals surface area (Å²) >= 11 is 0. The number of rotatable bonds is 7. The molecule has 1 heterocycles. The van der Waals surface area contributed by atoms with Crippen LogP contribution < -0.4 is 10.9 Å². The van der Waals surface area contributed by atoms with E-state index in [1.165, 1.54) is 12.3 Å². The summed E-state index contributed by atoms with van der Waals surface area (Å²) in [5.41, 5.74) is 4.48.